The van der Waals surface area contributed by atoms with Crippen LogP contribution in [-0.2, 0) is 0 Å². The van der Waals surface area contributed by atoms with Gasteiger partial charge in [0.15, 0.2) is 0 Å². The molecule has 26 heavy (non-hydrogen) atoms. The maximum Gasteiger partial charge on any atom is 0.0824 e. The van der Waals surface area contributed by atoms with Gasteiger partial charge in [-0.3, -0.25) is 0 Å². The smallest absolute Gasteiger partial charge is 0.0824 e. The van der Waals surface area contributed by atoms with Crippen LogP contribution in [0.4, 0.5) is 0 Å². The van der Waals surface area contributed by atoms with E-state index < -0.39 is 12.2 Å². The van der Waals surface area contributed by atoms with Crippen LogP contribution in [-0.4, -0.2) is 22.4 Å². The molecular formula is C24H42O2. The lowest BCUT2D eigenvalue weighted by molar-refractivity contribution is 0.00966. The van der Waals surface area contributed by atoms with Crippen LogP contribution < -0.4 is 0 Å². The lowest BCUT2D eigenvalue weighted by atomic mass is 9.58. The van der Waals surface area contributed by atoms with Crippen LogP contribution in [0.2, 0.25) is 0 Å². The molecule has 0 saturated carbocycles. The highest BCUT2D eigenvalue weighted by Gasteiger charge is 2.47. The molecule has 0 aromatic rings. The molecule has 2 aliphatic rings. The standard InChI is InChI=1S/C24H42O2/c1-13-11-17(23(5,6)7)21(25)19(15(13)3)20-16(4)14(2)12-18(22(20)26)24(8,9)10/h11,13-15,18-19,21-22,25-26H,12H2,1-10H3/t13-,14+,15?,18?,19?,21+,22-/m0/s1. The van der Waals surface area contributed by atoms with E-state index in [0.29, 0.717) is 17.8 Å². The van der Waals surface area contributed by atoms with Crippen molar-refractivity contribution >= 4 is 0 Å². The molecule has 0 spiro atoms. The summed E-state index contributed by atoms with van der Waals surface area (Å²) in [6.07, 6.45) is 2.34. The zero-order valence-electron chi connectivity index (χ0n) is 18.7. The summed E-state index contributed by atoms with van der Waals surface area (Å²) in [7, 11) is 0. The Morgan fingerprint density at radius 2 is 1.46 bits per heavy atom. The number of hydrogen-bond acceptors (Lipinski definition) is 2. The molecule has 2 aliphatic carbocycles. The molecule has 0 aliphatic heterocycles. The van der Waals surface area contributed by atoms with Crippen LogP contribution in [0.5, 0.6) is 0 Å². The van der Waals surface area contributed by atoms with Crippen molar-refractivity contribution < 1.29 is 10.2 Å². The van der Waals surface area contributed by atoms with E-state index in [1.165, 1.54) is 5.57 Å². The first-order valence-corrected chi connectivity index (χ1v) is 10.5. The SMILES string of the molecule is CC1=C(C2C(C)[C@@H](C)C=C(C(C)(C)C)[C@H]2O)[C@@H](O)C(C(C)(C)C)C[C@H]1C. The van der Waals surface area contributed by atoms with E-state index in [-0.39, 0.29) is 22.7 Å². The van der Waals surface area contributed by atoms with Crippen molar-refractivity contribution in [2.24, 2.45) is 40.4 Å². The lowest BCUT2D eigenvalue weighted by Crippen LogP contribution is -2.47. The van der Waals surface area contributed by atoms with Gasteiger partial charge in [0.2, 0.25) is 0 Å². The predicted molar refractivity (Wildman–Crippen MR) is 111 cm³/mol. The van der Waals surface area contributed by atoms with Gasteiger partial charge in [0.05, 0.1) is 12.2 Å². The Balaban J connectivity index is 2.56. The van der Waals surface area contributed by atoms with E-state index in [4.69, 9.17) is 0 Å². The first kappa shape index (κ1) is 21.7. The third kappa shape index (κ3) is 3.83. The predicted octanol–water partition coefficient (Wildman–Crippen LogP) is 5.60. The molecule has 0 radical (unpaired) electrons. The van der Waals surface area contributed by atoms with E-state index in [1.54, 1.807) is 0 Å². The fourth-order valence-electron chi connectivity index (χ4n) is 5.20. The molecule has 0 saturated heterocycles. The first-order chi connectivity index (χ1) is 11.7. The molecule has 0 aromatic heterocycles. The molecule has 7 atom stereocenters. The highest BCUT2D eigenvalue weighted by molar-refractivity contribution is 5.34. The van der Waals surface area contributed by atoms with Crippen molar-refractivity contribution in [2.75, 3.05) is 0 Å². The summed E-state index contributed by atoms with van der Waals surface area (Å²) >= 11 is 0. The van der Waals surface area contributed by atoms with Crippen LogP contribution in [0, 0.1) is 40.4 Å². The fourth-order valence-corrected chi connectivity index (χ4v) is 5.20. The normalized spacial score (nSPS) is 39.8. The molecular weight excluding hydrogens is 320 g/mol. The average molecular weight is 363 g/mol. The lowest BCUT2D eigenvalue weighted by Gasteiger charge is -2.49. The van der Waals surface area contributed by atoms with Gasteiger partial charge < -0.3 is 10.2 Å². The van der Waals surface area contributed by atoms with E-state index >= 15 is 0 Å². The average Bonchev–Trinajstić information content (AvgIpc) is 2.47. The summed E-state index contributed by atoms with van der Waals surface area (Å²) in [5.41, 5.74) is 3.55. The van der Waals surface area contributed by atoms with Crippen LogP contribution >= 0.6 is 0 Å². The Morgan fingerprint density at radius 1 is 0.923 bits per heavy atom. The summed E-state index contributed by atoms with van der Waals surface area (Å²) in [5, 5.41) is 22.8. The molecule has 0 fully saturated rings. The van der Waals surface area contributed by atoms with Crippen LogP contribution in [0.15, 0.2) is 22.8 Å². The maximum absolute atomic E-state index is 11.4. The summed E-state index contributed by atoms with van der Waals surface area (Å²) in [5.74, 6) is 1.41. The number of aliphatic hydroxyl groups is 2. The summed E-state index contributed by atoms with van der Waals surface area (Å²) in [6.45, 7) is 22.2. The second-order valence-electron chi connectivity index (χ2n) is 11.3. The Kier molecular flexibility index (Phi) is 5.92. The number of hydrogen-bond donors (Lipinski definition) is 2. The summed E-state index contributed by atoms with van der Waals surface area (Å²) < 4.78 is 0. The first-order valence-electron chi connectivity index (χ1n) is 10.5. The minimum Gasteiger partial charge on any atom is -0.388 e. The molecule has 2 N–H and O–H groups in total. The van der Waals surface area contributed by atoms with Crippen molar-refractivity contribution in [1.29, 1.82) is 0 Å². The third-order valence-electron chi connectivity index (χ3n) is 7.34. The molecule has 0 bridgehead atoms. The number of aliphatic hydroxyl groups excluding tert-OH is 2. The number of rotatable bonds is 1. The minimum absolute atomic E-state index is 0.00632. The van der Waals surface area contributed by atoms with Crippen molar-refractivity contribution in [3.8, 4) is 0 Å². The zero-order valence-corrected chi connectivity index (χ0v) is 18.7. The van der Waals surface area contributed by atoms with Crippen molar-refractivity contribution in [3.05, 3.63) is 22.8 Å². The fraction of sp³-hybridized carbons (Fsp3) is 0.833. The van der Waals surface area contributed by atoms with Gasteiger partial charge in [-0.2, -0.15) is 0 Å². The van der Waals surface area contributed by atoms with E-state index in [9.17, 15) is 10.2 Å². The second kappa shape index (κ2) is 7.09. The van der Waals surface area contributed by atoms with Crippen molar-refractivity contribution in [2.45, 2.75) is 87.9 Å². The maximum atomic E-state index is 11.4. The van der Waals surface area contributed by atoms with Crippen molar-refractivity contribution in [1.82, 2.24) is 0 Å². The highest BCUT2D eigenvalue weighted by Crippen LogP contribution is 2.51. The highest BCUT2D eigenvalue weighted by atomic mass is 16.3. The molecule has 3 unspecified atom stereocenters. The van der Waals surface area contributed by atoms with Crippen LogP contribution in [0.1, 0.15) is 75.7 Å². The topological polar surface area (TPSA) is 40.5 Å². The third-order valence-corrected chi connectivity index (χ3v) is 7.34. The zero-order chi connectivity index (χ0) is 20.2. The van der Waals surface area contributed by atoms with Crippen molar-refractivity contribution in [3.63, 3.8) is 0 Å². The number of allylic oxidation sites excluding steroid dienone is 2. The van der Waals surface area contributed by atoms with Gasteiger partial charge in [0.1, 0.15) is 0 Å². The van der Waals surface area contributed by atoms with Gasteiger partial charge in [-0.05, 0) is 59.0 Å². The summed E-state index contributed by atoms with van der Waals surface area (Å²) in [4.78, 5) is 0. The second-order valence-corrected chi connectivity index (χ2v) is 11.3. The van der Waals surface area contributed by atoms with E-state index in [2.05, 4.69) is 75.3 Å². The van der Waals surface area contributed by atoms with Crippen LogP contribution in [0.3, 0.4) is 0 Å². The van der Waals surface area contributed by atoms with Gasteiger partial charge in [-0.1, -0.05) is 74.0 Å². The van der Waals surface area contributed by atoms with Gasteiger partial charge in [-0.15, -0.1) is 0 Å². The van der Waals surface area contributed by atoms with E-state index in [0.717, 1.165) is 17.6 Å². The minimum atomic E-state index is -0.508. The molecule has 150 valence electrons. The van der Waals surface area contributed by atoms with Crippen LogP contribution in [0.25, 0.3) is 0 Å². The van der Waals surface area contributed by atoms with Gasteiger partial charge >= 0.3 is 0 Å². The molecule has 2 heteroatoms. The molecule has 2 rings (SSSR count). The molecule has 2 nitrogen and oxygen atoms in total. The Hall–Kier alpha value is -0.600. The van der Waals surface area contributed by atoms with Gasteiger partial charge in [-0.25, -0.2) is 0 Å². The molecule has 0 heterocycles. The van der Waals surface area contributed by atoms with Gasteiger partial charge in [0, 0.05) is 5.92 Å². The monoisotopic (exact) mass is 362 g/mol. The molecule has 0 amide bonds. The Morgan fingerprint density at radius 3 is 1.92 bits per heavy atom. The Bertz CT molecular complexity index is 584. The summed E-state index contributed by atoms with van der Waals surface area (Å²) in [6, 6.07) is 0. The van der Waals surface area contributed by atoms with E-state index in [1.807, 2.05) is 0 Å². The molecule has 0 aromatic carbocycles. The Labute approximate surface area is 161 Å². The largest absolute Gasteiger partial charge is 0.388 e. The quantitative estimate of drug-likeness (QED) is 0.596. The van der Waals surface area contributed by atoms with Gasteiger partial charge in [0.25, 0.3) is 0 Å².